The summed E-state index contributed by atoms with van der Waals surface area (Å²) in [6.07, 6.45) is 3.40. The van der Waals surface area contributed by atoms with Gasteiger partial charge in [-0.3, -0.25) is 9.89 Å². The Morgan fingerprint density at radius 2 is 2.05 bits per heavy atom. The van der Waals surface area contributed by atoms with E-state index >= 15 is 0 Å². The van der Waals surface area contributed by atoms with E-state index in [1.165, 1.54) is 7.11 Å². The van der Waals surface area contributed by atoms with Crippen LogP contribution in [-0.2, 0) is 6.54 Å². The Hall–Kier alpha value is -1.72. The first-order valence-electron chi connectivity index (χ1n) is 5.79. The van der Waals surface area contributed by atoms with Gasteiger partial charge in [-0.1, -0.05) is 23.2 Å². The zero-order chi connectivity index (χ0) is 14.7. The number of ether oxygens (including phenoxy) is 1. The third-order valence-electron chi connectivity index (χ3n) is 2.77. The number of hydrogen-bond donors (Lipinski definition) is 1. The van der Waals surface area contributed by atoms with E-state index in [2.05, 4.69) is 10.2 Å². The molecule has 0 unspecified atom stereocenters. The second kappa shape index (κ2) is 6.15. The van der Waals surface area contributed by atoms with Crippen LogP contribution in [0.1, 0.15) is 15.9 Å². The minimum atomic E-state index is -0.183. The van der Waals surface area contributed by atoms with Gasteiger partial charge in [-0.15, -0.1) is 0 Å². The van der Waals surface area contributed by atoms with Crippen molar-refractivity contribution in [3.8, 4) is 5.75 Å². The van der Waals surface area contributed by atoms with Gasteiger partial charge in [0.2, 0.25) is 0 Å². The van der Waals surface area contributed by atoms with Crippen LogP contribution in [-0.4, -0.2) is 35.2 Å². The van der Waals surface area contributed by atoms with Crippen LogP contribution in [0.15, 0.2) is 24.5 Å². The number of carbonyl (C=O) groups excluding carboxylic acids is 1. The van der Waals surface area contributed by atoms with Gasteiger partial charge >= 0.3 is 0 Å². The fraction of sp³-hybridized carbons (Fsp3) is 0.231. The molecule has 106 valence electrons. The van der Waals surface area contributed by atoms with Gasteiger partial charge in [0.1, 0.15) is 0 Å². The fourth-order valence-electron chi connectivity index (χ4n) is 1.81. The highest BCUT2D eigenvalue weighted by atomic mass is 35.5. The van der Waals surface area contributed by atoms with Crippen LogP contribution in [0.5, 0.6) is 5.75 Å². The van der Waals surface area contributed by atoms with Gasteiger partial charge in [-0.25, -0.2) is 0 Å². The third kappa shape index (κ3) is 3.05. The summed E-state index contributed by atoms with van der Waals surface area (Å²) in [5.41, 5.74) is 1.32. The second-order valence-corrected chi connectivity index (χ2v) is 5.06. The molecule has 1 amide bonds. The van der Waals surface area contributed by atoms with Crippen LogP contribution in [0.2, 0.25) is 10.0 Å². The molecule has 1 N–H and O–H groups in total. The summed E-state index contributed by atoms with van der Waals surface area (Å²) in [6, 6.07) is 3.08. The first-order chi connectivity index (χ1) is 9.52. The maximum absolute atomic E-state index is 12.3. The highest BCUT2D eigenvalue weighted by molar-refractivity contribution is 6.37. The largest absolute Gasteiger partial charge is 0.494 e. The molecule has 0 radical (unpaired) electrons. The van der Waals surface area contributed by atoms with Gasteiger partial charge in [-0.05, 0) is 12.1 Å². The Bertz CT molecular complexity index is 591. The van der Waals surface area contributed by atoms with Crippen molar-refractivity contribution < 1.29 is 9.53 Å². The van der Waals surface area contributed by atoms with E-state index < -0.39 is 0 Å². The molecule has 1 heterocycles. The summed E-state index contributed by atoms with van der Waals surface area (Å²) >= 11 is 12.1. The zero-order valence-electron chi connectivity index (χ0n) is 11.0. The molecule has 5 nitrogen and oxygen atoms in total. The van der Waals surface area contributed by atoms with Gasteiger partial charge in [0.25, 0.3) is 5.91 Å². The molecule has 2 rings (SSSR count). The standard InChI is InChI=1S/C13H13Cl2N3O2/c1-18(7-8-5-16-17-6-8)13(19)9-3-10(14)12(20-2)11(15)4-9/h3-6H,7H2,1-2H3,(H,16,17). The number of nitrogens with zero attached hydrogens (tertiary/aromatic N) is 2. The number of aromatic amines is 1. The summed E-state index contributed by atoms with van der Waals surface area (Å²) in [6.45, 7) is 0.441. The minimum absolute atomic E-state index is 0.183. The van der Waals surface area contributed by atoms with Gasteiger partial charge in [-0.2, -0.15) is 5.10 Å². The van der Waals surface area contributed by atoms with E-state index in [0.29, 0.717) is 27.9 Å². The zero-order valence-corrected chi connectivity index (χ0v) is 12.5. The number of amides is 1. The topological polar surface area (TPSA) is 58.2 Å². The quantitative estimate of drug-likeness (QED) is 0.944. The number of aromatic nitrogens is 2. The molecule has 0 aliphatic rings. The molecule has 0 bridgehead atoms. The lowest BCUT2D eigenvalue weighted by molar-refractivity contribution is 0.0785. The van der Waals surface area contributed by atoms with Crippen molar-refractivity contribution in [3.05, 3.63) is 45.7 Å². The van der Waals surface area contributed by atoms with Crippen molar-refractivity contribution in [2.75, 3.05) is 14.2 Å². The molecule has 1 aromatic carbocycles. The molecule has 0 fully saturated rings. The Morgan fingerprint density at radius 3 is 2.55 bits per heavy atom. The maximum Gasteiger partial charge on any atom is 0.254 e. The molecule has 0 aliphatic carbocycles. The van der Waals surface area contributed by atoms with Gasteiger partial charge in [0.15, 0.2) is 5.75 Å². The second-order valence-electron chi connectivity index (χ2n) is 4.24. The Labute approximate surface area is 126 Å². The molecular formula is C13H13Cl2N3O2. The molecule has 2 aromatic rings. The fourth-order valence-corrected chi connectivity index (χ4v) is 2.45. The van der Waals surface area contributed by atoms with Crippen LogP contribution in [0.3, 0.4) is 0 Å². The van der Waals surface area contributed by atoms with Crippen molar-refractivity contribution in [2.24, 2.45) is 0 Å². The molecular weight excluding hydrogens is 301 g/mol. The predicted molar refractivity (Wildman–Crippen MR) is 77.4 cm³/mol. The van der Waals surface area contributed by atoms with E-state index in [0.717, 1.165) is 5.56 Å². The van der Waals surface area contributed by atoms with Crippen molar-refractivity contribution >= 4 is 29.1 Å². The Morgan fingerprint density at radius 1 is 1.40 bits per heavy atom. The molecule has 0 spiro atoms. The summed E-state index contributed by atoms with van der Waals surface area (Å²) in [7, 11) is 3.17. The predicted octanol–water partition coefficient (Wildman–Crippen LogP) is 3.00. The van der Waals surface area contributed by atoms with Crippen LogP contribution in [0, 0.1) is 0 Å². The van der Waals surface area contributed by atoms with Crippen LogP contribution in [0.4, 0.5) is 0 Å². The number of carbonyl (C=O) groups is 1. The lowest BCUT2D eigenvalue weighted by Gasteiger charge is -2.17. The van der Waals surface area contributed by atoms with E-state index in [1.54, 1.807) is 36.5 Å². The van der Waals surface area contributed by atoms with E-state index in [1.807, 2.05) is 0 Å². The van der Waals surface area contributed by atoms with Crippen LogP contribution < -0.4 is 4.74 Å². The molecule has 7 heteroatoms. The van der Waals surface area contributed by atoms with Gasteiger partial charge < -0.3 is 9.64 Å². The molecule has 0 aliphatic heterocycles. The first kappa shape index (κ1) is 14.7. The van der Waals surface area contributed by atoms with Crippen LogP contribution >= 0.6 is 23.2 Å². The molecule has 0 atom stereocenters. The number of hydrogen-bond acceptors (Lipinski definition) is 3. The molecule has 20 heavy (non-hydrogen) atoms. The van der Waals surface area contributed by atoms with Crippen molar-refractivity contribution in [1.29, 1.82) is 0 Å². The Balaban J connectivity index is 2.20. The van der Waals surface area contributed by atoms with E-state index in [-0.39, 0.29) is 5.91 Å². The summed E-state index contributed by atoms with van der Waals surface area (Å²) < 4.78 is 5.06. The molecule has 1 aromatic heterocycles. The lowest BCUT2D eigenvalue weighted by atomic mass is 10.2. The average molecular weight is 314 g/mol. The Kier molecular flexibility index (Phi) is 4.52. The van der Waals surface area contributed by atoms with E-state index in [9.17, 15) is 4.79 Å². The van der Waals surface area contributed by atoms with Crippen molar-refractivity contribution in [1.82, 2.24) is 15.1 Å². The molecule has 0 saturated heterocycles. The maximum atomic E-state index is 12.3. The number of H-pyrrole nitrogens is 1. The number of methoxy groups -OCH3 is 1. The third-order valence-corrected chi connectivity index (χ3v) is 3.33. The lowest BCUT2D eigenvalue weighted by Crippen LogP contribution is -2.26. The smallest absolute Gasteiger partial charge is 0.254 e. The van der Waals surface area contributed by atoms with Gasteiger partial charge in [0.05, 0.1) is 23.4 Å². The highest BCUT2D eigenvalue weighted by Gasteiger charge is 2.17. The molecule has 0 saturated carbocycles. The summed E-state index contributed by atoms with van der Waals surface area (Å²) in [4.78, 5) is 13.9. The number of rotatable bonds is 4. The van der Waals surface area contributed by atoms with Crippen LogP contribution in [0.25, 0.3) is 0 Å². The minimum Gasteiger partial charge on any atom is -0.494 e. The van der Waals surface area contributed by atoms with Crippen molar-refractivity contribution in [3.63, 3.8) is 0 Å². The number of benzene rings is 1. The monoisotopic (exact) mass is 313 g/mol. The van der Waals surface area contributed by atoms with Gasteiger partial charge in [0, 0.05) is 30.9 Å². The normalized spacial score (nSPS) is 10.4. The number of nitrogens with one attached hydrogen (secondary N) is 1. The summed E-state index contributed by atoms with van der Waals surface area (Å²) in [5, 5.41) is 7.15. The average Bonchev–Trinajstić information content (AvgIpc) is 2.90. The van der Waals surface area contributed by atoms with E-state index in [4.69, 9.17) is 27.9 Å². The highest BCUT2D eigenvalue weighted by Crippen LogP contribution is 2.34. The number of halogens is 2. The first-order valence-corrected chi connectivity index (χ1v) is 6.54. The van der Waals surface area contributed by atoms with Crippen molar-refractivity contribution in [2.45, 2.75) is 6.54 Å². The SMILES string of the molecule is COc1c(Cl)cc(C(=O)N(C)Cc2cn[nH]c2)cc1Cl. The summed E-state index contributed by atoms with van der Waals surface area (Å²) in [5.74, 6) is 0.181.